The van der Waals surface area contributed by atoms with Crippen LogP contribution in [0.3, 0.4) is 0 Å². The molecule has 6 aliphatic rings. The average Bonchev–Trinajstić information content (AvgIpc) is 1.27. The van der Waals surface area contributed by atoms with Crippen molar-refractivity contribution in [2.24, 2.45) is 0 Å². The zero-order valence-electron chi connectivity index (χ0n) is 52.8. The van der Waals surface area contributed by atoms with Crippen molar-refractivity contribution in [3.63, 3.8) is 0 Å². The van der Waals surface area contributed by atoms with Crippen LogP contribution in [-0.4, -0.2) is 151 Å². The number of benzene rings is 2. The summed E-state index contributed by atoms with van der Waals surface area (Å²) in [6.45, 7) is 17.5. The first-order valence-electron chi connectivity index (χ1n) is 30.6. The van der Waals surface area contributed by atoms with E-state index in [2.05, 4.69) is 35.9 Å². The van der Waals surface area contributed by atoms with Gasteiger partial charge in [-0.25, -0.2) is 19.6 Å². The van der Waals surface area contributed by atoms with Gasteiger partial charge in [0, 0.05) is 91.2 Å². The fourth-order valence-corrected chi connectivity index (χ4v) is 10.9. The number of aromatic nitrogens is 4. The Bertz CT molecular complexity index is 4050. The van der Waals surface area contributed by atoms with E-state index in [0.717, 1.165) is 107 Å². The van der Waals surface area contributed by atoms with Gasteiger partial charge in [0.2, 0.25) is 11.8 Å². The van der Waals surface area contributed by atoms with E-state index in [9.17, 15) is 24.0 Å². The van der Waals surface area contributed by atoms with Crippen molar-refractivity contribution >= 4 is 98.7 Å². The Morgan fingerprint density at radius 1 is 0.617 bits per heavy atom. The highest BCUT2D eigenvalue weighted by Crippen LogP contribution is 2.38. The van der Waals surface area contributed by atoms with Gasteiger partial charge >= 0.3 is 12.1 Å². The number of pyridine rings is 4. The fourth-order valence-electron chi connectivity index (χ4n) is 10.9. The second kappa shape index (κ2) is 29.4. The number of aromatic carboxylic acids is 1. The number of furan rings is 2. The van der Waals surface area contributed by atoms with E-state index in [1.165, 1.54) is 30.8 Å². The predicted molar refractivity (Wildman–Crippen MR) is 357 cm³/mol. The van der Waals surface area contributed by atoms with Gasteiger partial charge in [0.25, 0.3) is 5.91 Å². The number of hydrogen-bond donors (Lipinski definition) is 6. The van der Waals surface area contributed by atoms with Gasteiger partial charge in [-0.1, -0.05) is 0 Å². The highest BCUT2D eigenvalue weighted by Gasteiger charge is 2.52. The van der Waals surface area contributed by atoms with Crippen molar-refractivity contribution in [2.75, 3.05) is 75.9 Å². The number of anilines is 2. The highest BCUT2D eigenvalue weighted by molar-refractivity contribution is 6.40. The number of carbonyl (C=O) groups is 5. The van der Waals surface area contributed by atoms with E-state index in [4.69, 9.17) is 67.6 Å². The van der Waals surface area contributed by atoms with Crippen molar-refractivity contribution in [1.82, 2.24) is 45.7 Å². The number of ether oxygens (including phenoxy) is 4. The SMILES string of the molecule is C1CC2(CNC2)O1.CC(C)(C)OC(=O)N1CC2(CCO2)C1.Cc1cc(-c2ccc(C(=O)N3CC4(CCO4)C3)cn2)cc2cc(CNC(=O)/C=C/c3ccc(N)nc3)oc12.Cc1cc(-c2ccc(C(=O)O)cn2)cc2cc(CNC(=O)/C=C/c3ccc(N)nc3)oc12.ClCCl. The van der Waals surface area contributed by atoms with E-state index in [1.54, 1.807) is 66.0 Å². The second-order valence-electron chi connectivity index (χ2n) is 24.7. The minimum Gasteiger partial charge on any atom is -0.478 e. The van der Waals surface area contributed by atoms with E-state index in [-0.39, 0.29) is 59.0 Å². The first-order valence-corrected chi connectivity index (χ1v) is 31.7. The highest BCUT2D eigenvalue weighted by atomic mass is 35.5. The molecule has 4 amide bonds. The number of likely N-dealkylation sites (tertiary alicyclic amines) is 2. The first-order chi connectivity index (χ1) is 45.0. The Labute approximate surface area is 553 Å². The lowest BCUT2D eigenvalue weighted by Crippen LogP contribution is -2.69. The van der Waals surface area contributed by atoms with E-state index >= 15 is 0 Å². The summed E-state index contributed by atoms with van der Waals surface area (Å²) in [4.78, 5) is 79.9. The van der Waals surface area contributed by atoms with E-state index in [1.807, 2.05) is 88.0 Å². The molecular formula is C69H75Cl2N11O12. The molecule has 492 valence electrons. The normalized spacial score (nSPS) is 16.6. The number of alkyl halides is 2. The van der Waals surface area contributed by atoms with Crippen LogP contribution in [0.2, 0.25) is 0 Å². The molecule has 23 nitrogen and oxygen atoms in total. The topological polar surface area (TPSA) is 315 Å². The number of hydrogen-bond acceptors (Lipinski definition) is 18. The maximum atomic E-state index is 12.7. The molecule has 14 rings (SSSR count). The molecule has 12 heterocycles. The maximum Gasteiger partial charge on any atom is 0.410 e. The number of aryl methyl sites for hydroxylation is 2. The maximum absolute atomic E-state index is 12.7. The van der Waals surface area contributed by atoms with Gasteiger partial charge in [0.15, 0.2) is 0 Å². The monoisotopic (exact) mass is 1320 g/mol. The number of amides is 4. The standard InChI is InChI=1S/C29H27N5O4.C24H20N4O4.C10H17NO3.C5H9NO.CH2Cl2/c1-18-10-21(24-5-4-20(14-31-24)28(36)34-16-29(17-34)8-9-37-29)11-22-12-23(38-27(18)22)15-33-26(35)7-3-19-2-6-25(30)32-13-19;1-14-8-17(20-5-4-16(12-26-20)24(30)31)9-18-10-19(32-23(14)18)13-28-22(29)7-3-15-2-6-21(25)27-11-15;1-9(2,3)14-8(12)11-6-10(7-11)4-5-13-10;1-2-7-5(1)3-6-4-5;2-1-3/h2-7,10-14H,8-9,15-17H2,1H3,(H2,30,32)(H,33,35);2-12H,13H2,1H3,(H2,25,27)(H,28,29)(H,30,31);4-7H2,1-3H3;6H,1-4H2;1H2/b2*7-3+;;;. The van der Waals surface area contributed by atoms with Crippen LogP contribution < -0.4 is 27.4 Å². The molecule has 6 aromatic heterocycles. The van der Waals surface area contributed by atoms with Gasteiger partial charge in [0.05, 0.1) is 92.5 Å². The molecule has 0 aliphatic carbocycles. The molecule has 3 spiro atoms. The van der Waals surface area contributed by atoms with Crippen molar-refractivity contribution in [2.45, 2.75) is 89.4 Å². The summed E-state index contributed by atoms with van der Waals surface area (Å²) in [5, 5.41) is 19.8. The molecule has 0 unspecified atom stereocenters. The van der Waals surface area contributed by atoms with Crippen LogP contribution in [-0.2, 0) is 41.6 Å². The lowest BCUT2D eigenvalue weighted by molar-refractivity contribution is -0.214. The average molecular weight is 1320 g/mol. The number of nitrogens with one attached hydrogen (secondary N) is 3. The number of rotatable bonds is 12. The smallest absolute Gasteiger partial charge is 0.410 e. The van der Waals surface area contributed by atoms with Crippen LogP contribution in [0.5, 0.6) is 0 Å². The molecule has 0 radical (unpaired) electrons. The van der Waals surface area contributed by atoms with Gasteiger partial charge in [-0.05, 0) is 154 Å². The molecule has 0 atom stereocenters. The molecule has 25 heteroatoms. The summed E-state index contributed by atoms with van der Waals surface area (Å²) in [5.41, 5.74) is 19.8. The molecule has 0 bridgehead atoms. The summed E-state index contributed by atoms with van der Waals surface area (Å²) < 4.78 is 33.5. The Morgan fingerprint density at radius 2 is 1.05 bits per heavy atom. The van der Waals surface area contributed by atoms with Gasteiger partial charge < -0.3 is 70.1 Å². The number of nitrogen functional groups attached to an aromatic ring is 2. The van der Waals surface area contributed by atoms with E-state index < -0.39 is 11.6 Å². The Kier molecular flexibility index (Phi) is 21.1. The summed E-state index contributed by atoms with van der Waals surface area (Å²) in [6.07, 6.45) is 15.5. The van der Waals surface area contributed by atoms with Gasteiger partial charge in [-0.15, -0.1) is 23.2 Å². The quantitative estimate of drug-likeness (QED) is 0.0489. The third kappa shape index (κ3) is 17.1. The Morgan fingerprint density at radius 3 is 1.39 bits per heavy atom. The minimum absolute atomic E-state index is 0.00307. The summed E-state index contributed by atoms with van der Waals surface area (Å²) >= 11 is 9.53. The molecule has 2 aromatic carbocycles. The van der Waals surface area contributed by atoms with E-state index in [0.29, 0.717) is 66.2 Å². The summed E-state index contributed by atoms with van der Waals surface area (Å²) in [5.74, 6) is 0.573. The molecule has 0 saturated carbocycles. The lowest BCUT2D eigenvalue weighted by atomic mass is 9.86. The Hall–Kier alpha value is -9.23. The van der Waals surface area contributed by atoms with Crippen molar-refractivity contribution in [1.29, 1.82) is 0 Å². The summed E-state index contributed by atoms with van der Waals surface area (Å²) in [6, 6.07) is 25.4. The number of halogens is 2. The number of nitrogens with zero attached hydrogens (tertiary/aromatic N) is 6. The predicted octanol–water partition coefficient (Wildman–Crippen LogP) is 10.1. The molecule has 8 aromatic rings. The van der Waals surface area contributed by atoms with Crippen molar-refractivity contribution in [3.8, 4) is 22.5 Å². The number of nitrogens with two attached hydrogens (primary N) is 2. The summed E-state index contributed by atoms with van der Waals surface area (Å²) in [7, 11) is 0. The van der Waals surface area contributed by atoms with Gasteiger partial charge in [-0.3, -0.25) is 24.4 Å². The number of carboxylic acid groups (broad SMARTS) is 1. The van der Waals surface area contributed by atoms with Gasteiger partial charge in [0.1, 0.15) is 51.1 Å². The van der Waals surface area contributed by atoms with Crippen LogP contribution in [0.25, 0.3) is 56.6 Å². The third-order valence-electron chi connectivity index (χ3n) is 16.3. The van der Waals surface area contributed by atoms with Crippen LogP contribution in [0.15, 0.2) is 131 Å². The molecular weight excluding hydrogens is 1250 g/mol. The lowest BCUT2D eigenvalue weighted by Gasteiger charge is -2.55. The largest absolute Gasteiger partial charge is 0.478 e. The minimum atomic E-state index is -1.02. The zero-order chi connectivity index (χ0) is 66.8. The number of carboxylic acids is 1. The zero-order valence-corrected chi connectivity index (χ0v) is 54.4. The molecule has 8 N–H and O–H groups in total. The second-order valence-corrected chi connectivity index (χ2v) is 25.5. The van der Waals surface area contributed by atoms with Gasteiger partial charge in [-0.2, -0.15) is 0 Å². The van der Waals surface area contributed by atoms with Crippen LogP contribution in [0.4, 0.5) is 16.4 Å². The molecule has 6 aliphatic heterocycles. The van der Waals surface area contributed by atoms with Crippen molar-refractivity contribution < 1.29 is 56.9 Å². The van der Waals surface area contributed by atoms with Crippen molar-refractivity contribution in [3.05, 3.63) is 167 Å². The third-order valence-corrected chi connectivity index (χ3v) is 16.3. The van der Waals surface area contributed by atoms with Crippen LogP contribution >= 0.6 is 23.2 Å². The molecule has 94 heavy (non-hydrogen) atoms. The molecule has 6 saturated heterocycles. The Balaban J connectivity index is 0.000000153. The van der Waals surface area contributed by atoms with Crippen LogP contribution in [0, 0.1) is 13.8 Å². The number of fused-ring (bicyclic) bond motifs is 2. The first kappa shape index (κ1) is 67.7. The fraction of sp³-hybridized carbons (Fsp3) is 0.348. The molecule has 6 fully saturated rings. The number of carbonyl (C=O) groups excluding carboxylic acids is 4. The van der Waals surface area contributed by atoms with Crippen LogP contribution in [0.1, 0.15) is 94.5 Å².